The van der Waals surface area contributed by atoms with Crippen molar-refractivity contribution < 1.29 is 33.8 Å². The highest BCUT2D eigenvalue weighted by atomic mass is 35.5. The van der Waals surface area contributed by atoms with Gasteiger partial charge in [0.1, 0.15) is 0 Å². The molecule has 2 amide bonds. The number of phenolic OH excluding ortho intramolecular Hbond substituents is 1. The second-order valence-corrected chi connectivity index (χ2v) is 11.4. The van der Waals surface area contributed by atoms with E-state index in [4.69, 9.17) is 21.1 Å². The Morgan fingerprint density at radius 1 is 0.951 bits per heavy atom. The molecule has 0 saturated carbocycles. The van der Waals surface area contributed by atoms with Crippen molar-refractivity contribution in [3.05, 3.63) is 80.9 Å². The molecular formula is C32H28ClNO7. The summed E-state index contributed by atoms with van der Waals surface area (Å²) in [6.07, 6.45) is 3.75. The average molecular weight is 574 g/mol. The third kappa shape index (κ3) is 3.95. The van der Waals surface area contributed by atoms with E-state index in [2.05, 4.69) is 0 Å². The topological polar surface area (TPSA) is 110 Å². The maximum Gasteiger partial charge on any atom is 0.238 e. The predicted octanol–water partition coefficient (Wildman–Crippen LogP) is 5.01. The van der Waals surface area contributed by atoms with E-state index >= 15 is 0 Å². The lowest BCUT2D eigenvalue weighted by atomic mass is 9.59. The van der Waals surface area contributed by atoms with E-state index < -0.39 is 23.7 Å². The van der Waals surface area contributed by atoms with Crippen molar-refractivity contribution >= 4 is 40.7 Å². The first kappa shape index (κ1) is 27.0. The molecule has 210 valence electrons. The van der Waals surface area contributed by atoms with E-state index in [1.165, 1.54) is 25.2 Å². The Morgan fingerprint density at radius 3 is 2.27 bits per heavy atom. The van der Waals surface area contributed by atoms with Crippen molar-refractivity contribution in [1.29, 1.82) is 0 Å². The molecule has 1 aliphatic heterocycles. The van der Waals surface area contributed by atoms with Gasteiger partial charge >= 0.3 is 0 Å². The van der Waals surface area contributed by atoms with Crippen LogP contribution in [0.2, 0.25) is 5.02 Å². The summed E-state index contributed by atoms with van der Waals surface area (Å²) in [7, 11) is 2.82. The first-order chi connectivity index (χ1) is 19.6. The van der Waals surface area contributed by atoms with Gasteiger partial charge < -0.3 is 14.6 Å². The molecule has 0 spiro atoms. The maximum atomic E-state index is 14.0. The summed E-state index contributed by atoms with van der Waals surface area (Å²) in [4.78, 5) is 55.9. The number of aromatic hydroxyl groups is 1. The van der Waals surface area contributed by atoms with Crippen LogP contribution in [0.4, 0.5) is 5.69 Å². The molecule has 9 heteroatoms. The fourth-order valence-corrected chi connectivity index (χ4v) is 6.97. The molecule has 4 atom stereocenters. The molecule has 0 bridgehead atoms. The number of phenols is 1. The summed E-state index contributed by atoms with van der Waals surface area (Å²) in [6.45, 7) is 3.45. The van der Waals surface area contributed by atoms with E-state index in [1.807, 2.05) is 13.0 Å². The number of fused-ring (bicyclic) bond motifs is 3. The molecule has 1 N–H and O–H groups in total. The smallest absolute Gasteiger partial charge is 0.238 e. The van der Waals surface area contributed by atoms with Gasteiger partial charge in [0.25, 0.3) is 0 Å². The number of ether oxygens (including phenoxy) is 2. The molecule has 4 aliphatic rings. The number of benzene rings is 2. The largest absolute Gasteiger partial charge is 0.502 e. The number of imide groups is 1. The van der Waals surface area contributed by atoms with Gasteiger partial charge in [-0.2, -0.15) is 0 Å². The number of Topliss-reactive ketones (excluding diaryl/α,β-unsaturated/α-hetero) is 1. The average Bonchev–Trinajstić information content (AvgIpc) is 3.22. The number of rotatable bonds is 4. The van der Waals surface area contributed by atoms with Gasteiger partial charge in [-0.3, -0.25) is 19.2 Å². The van der Waals surface area contributed by atoms with E-state index in [0.29, 0.717) is 39.4 Å². The number of ketones is 2. The maximum absolute atomic E-state index is 14.0. The Labute approximate surface area is 241 Å². The van der Waals surface area contributed by atoms with Crippen LogP contribution in [0.25, 0.3) is 0 Å². The van der Waals surface area contributed by atoms with Gasteiger partial charge in [-0.1, -0.05) is 29.3 Å². The number of anilines is 1. The Kier molecular flexibility index (Phi) is 6.41. The molecule has 0 radical (unpaired) electrons. The van der Waals surface area contributed by atoms with Crippen LogP contribution in [0, 0.1) is 24.7 Å². The van der Waals surface area contributed by atoms with Gasteiger partial charge in [0, 0.05) is 27.7 Å². The highest BCUT2D eigenvalue weighted by Crippen LogP contribution is 2.56. The molecule has 1 fully saturated rings. The zero-order valence-corrected chi connectivity index (χ0v) is 23.7. The zero-order valence-electron chi connectivity index (χ0n) is 23.0. The monoisotopic (exact) mass is 573 g/mol. The van der Waals surface area contributed by atoms with Crippen LogP contribution in [-0.2, 0) is 19.2 Å². The van der Waals surface area contributed by atoms with Crippen molar-refractivity contribution in [2.24, 2.45) is 17.8 Å². The standard InChI is InChI=1S/C32H28ClNO7/c1-14-5-6-17(12-22(14)33)34-31(38)19-8-7-18-20(27(19)32(34)39)13-21-23(35)9-15(2)29(36)28(21)26(18)16-10-24(40-3)30(37)25(11-16)41-4/h5-7,9-12,19-20,26-27,37H,8,13H2,1-4H3/t19-,20+,26-,27-/m0/s1. The Morgan fingerprint density at radius 2 is 1.63 bits per heavy atom. The highest BCUT2D eigenvalue weighted by Gasteiger charge is 2.56. The van der Waals surface area contributed by atoms with Crippen LogP contribution in [0.3, 0.4) is 0 Å². The molecule has 6 rings (SSSR count). The minimum Gasteiger partial charge on any atom is -0.502 e. The summed E-state index contributed by atoms with van der Waals surface area (Å²) >= 11 is 6.34. The molecular weight excluding hydrogens is 546 g/mol. The van der Waals surface area contributed by atoms with Gasteiger partial charge in [-0.25, -0.2) is 4.90 Å². The summed E-state index contributed by atoms with van der Waals surface area (Å²) in [6, 6.07) is 8.34. The van der Waals surface area contributed by atoms with Crippen LogP contribution in [0.1, 0.15) is 36.8 Å². The lowest BCUT2D eigenvalue weighted by molar-refractivity contribution is -0.123. The summed E-state index contributed by atoms with van der Waals surface area (Å²) < 4.78 is 10.8. The molecule has 2 aromatic carbocycles. The molecule has 0 unspecified atom stereocenters. The number of hydrogen-bond donors (Lipinski definition) is 1. The number of aryl methyl sites for hydroxylation is 1. The van der Waals surface area contributed by atoms with Gasteiger partial charge in [0.05, 0.1) is 31.7 Å². The van der Waals surface area contributed by atoms with Crippen molar-refractivity contribution in [3.63, 3.8) is 0 Å². The lowest BCUT2D eigenvalue weighted by Gasteiger charge is -2.42. The normalized spacial score (nSPS) is 25.4. The Hall–Kier alpha value is -4.17. The Bertz CT molecular complexity index is 1640. The van der Waals surface area contributed by atoms with Crippen LogP contribution in [0.15, 0.2) is 64.8 Å². The number of methoxy groups -OCH3 is 2. The lowest BCUT2D eigenvalue weighted by Crippen LogP contribution is -2.39. The van der Waals surface area contributed by atoms with E-state index in [9.17, 15) is 24.3 Å². The van der Waals surface area contributed by atoms with Crippen molar-refractivity contribution in [2.45, 2.75) is 32.6 Å². The molecule has 41 heavy (non-hydrogen) atoms. The molecule has 8 nitrogen and oxygen atoms in total. The predicted molar refractivity (Wildman–Crippen MR) is 151 cm³/mol. The third-order valence-corrected chi connectivity index (χ3v) is 9.22. The summed E-state index contributed by atoms with van der Waals surface area (Å²) in [5.74, 6) is -3.57. The van der Waals surface area contributed by atoms with Crippen molar-refractivity contribution in [2.75, 3.05) is 19.1 Å². The number of carbonyl (C=O) groups is 4. The number of nitrogens with zero attached hydrogens (tertiary/aromatic N) is 1. The third-order valence-electron chi connectivity index (χ3n) is 8.81. The van der Waals surface area contributed by atoms with Crippen LogP contribution < -0.4 is 14.4 Å². The van der Waals surface area contributed by atoms with Crippen LogP contribution >= 0.6 is 11.6 Å². The first-order valence-electron chi connectivity index (χ1n) is 13.4. The molecule has 2 aromatic rings. The molecule has 1 heterocycles. The second kappa shape index (κ2) is 9.73. The molecule has 3 aliphatic carbocycles. The first-order valence-corrected chi connectivity index (χ1v) is 13.7. The number of halogens is 1. The number of hydrogen-bond acceptors (Lipinski definition) is 7. The van der Waals surface area contributed by atoms with Crippen LogP contribution in [0.5, 0.6) is 17.2 Å². The van der Waals surface area contributed by atoms with E-state index in [-0.39, 0.29) is 47.1 Å². The fraction of sp³-hybridized carbons (Fsp3) is 0.312. The molecule has 0 aromatic heterocycles. The van der Waals surface area contributed by atoms with Crippen molar-refractivity contribution in [1.82, 2.24) is 0 Å². The van der Waals surface area contributed by atoms with E-state index in [1.54, 1.807) is 37.3 Å². The number of amides is 2. The number of carbonyl (C=O) groups excluding carboxylic acids is 4. The summed E-state index contributed by atoms with van der Waals surface area (Å²) in [5.41, 5.74) is 3.64. The van der Waals surface area contributed by atoms with Gasteiger partial charge in [0.15, 0.2) is 23.1 Å². The van der Waals surface area contributed by atoms with Gasteiger partial charge in [0.2, 0.25) is 17.6 Å². The minimum absolute atomic E-state index is 0.148. The van der Waals surface area contributed by atoms with Gasteiger partial charge in [-0.05, 0) is 74.1 Å². The summed E-state index contributed by atoms with van der Waals surface area (Å²) in [5, 5.41) is 11.0. The highest BCUT2D eigenvalue weighted by molar-refractivity contribution is 6.32. The SMILES string of the molecule is COc1cc([C@H]2C3=CC[C@@H]4C(=O)N(c5ccc(C)c(Cl)c5)C(=O)[C@@H]4[C@@H]3CC3=C2C(=O)C(C)=CC3=O)cc(OC)c1O. The Balaban J connectivity index is 1.51. The van der Waals surface area contributed by atoms with Crippen LogP contribution in [-0.4, -0.2) is 42.7 Å². The van der Waals surface area contributed by atoms with Gasteiger partial charge in [-0.15, -0.1) is 0 Å². The second-order valence-electron chi connectivity index (χ2n) is 10.9. The molecule has 1 saturated heterocycles. The zero-order chi connectivity index (χ0) is 29.3. The van der Waals surface area contributed by atoms with E-state index in [0.717, 1.165) is 11.1 Å². The fourth-order valence-electron chi connectivity index (χ4n) is 6.80. The number of allylic oxidation sites excluding steroid dienone is 6. The quantitative estimate of drug-likeness (QED) is 0.311. The van der Waals surface area contributed by atoms with Crippen molar-refractivity contribution in [3.8, 4) is 17.2 Å². The minimum atomic E-state index is -0.713.